The first-order valence-electron chi connectivity index (χ1n) is 12.6. The topological polar surface area (TPSA) is 61.8 Å². The minimum absolute atomic E-state index is 0.190. The first-order chi connectivity index (χ1) is 14.7. The second kappa shape index (κ2) is 24.2. The van der Waals surface area contributed by atoms with Crippen LogP contribution in [-0.2, 0) is 23.8 Å². The summed E-state index contributed by atoms with van der Waals surface area (Å²) in [7, 11) is 0. The van der Waals surface area contributed by atoms with Gasteiger partial charge in [-0.15, -0.1) is 0 Å². The Morgan fingerprint density at radius 2 is 0.767 bits per heavy atom. The van der Waals surface area contributed by atoms with Crippen LogP contribution >= 0.6 is 0 Å². The van der Waals surface area contributed by atoms with Crippen molar-refractivity contribution >= 4 is 11.9 Å². The molecule has 0 amide bonds. The standard InChI is InChI=1S/C25H48O5/c1-3-5-7-9-11-12-13-15-17-19-21-30-25(27)23-28-22-24(26)29-20-18-16-14-10-8-6-4-2/h3-23H2,1-2H3. The molecule has 0 saturated heterocycles. The van der Waals surface area contributed by atoms with Crippen LogP contribution in [0.2, 0.25) is 0 Å². The molecular weight excluding hydrogens is 380 g/mol. The average molecular weight is 429 g/mol. The Morgan fingerprint density at radius 3 is 1.10 bits per heavy atom. The van der Waals surface area contributed by atoms with Crippen molar-refractivity contribution in [3.8, 4) is 0 Å². The van der Waals surface area contributed by atoms with Gasteiger partial charge in [0.1, 0.15) is 13.2 Å². The molecule has 0 spiro atoms. The molecule has 0 rings (SSSR count). The molecule has 5 heteroatoms. The van der Waals surface area contributed by atoms with Gasteiger partial charge in [-0.2, -0.15) is 0 Å². The van der Waals surface area contributed by atoms with Gasteiger partial charge in [0.05, 0.1) is 13.2 Å². The third kappa shape index (κ3) is 23.2. The van der Waals surface area contributed by atoms with E-state index in [9.17, 15) is 9.59 Å². The Bertz CT molecular complexity index is 384. The molecule has 0 radical (unpaired) electrons. The molecule has 0 aliphatic carbocycles. The minimum Gasteiger partial charge on any atom is -0.464 e. The Morgan fingerprint density at radius 1 is 0.467 bits per heavy atom. The molecular formula is C25H48O5. The number of esters is 2. The van der Waals surface area contributed by atoms with Gasteiger partial charge < -0.3 is 14.2 Å². The summed E-state index contributed by atoms with van der Waals surface area (Å²) in [6, 6.07) is 0. The highest BCUT2D eigenvalue weighted by molar-refractivity contribution is 5.73. The third-order valence-electron chi connectivity index (χ3n) is 5.21. The second-order valence-corrected chi connectivity index (χ2v) is 8.24. The average Bonchev–Trinajstić information content (AvgIpc) is 2.74. The number of ether oxygens (including phenoxy) is 3. The molecule has 0 bridgehead atoms. The summed E-state index contributed by atoms with van der Waals surface area (Å²) in [5.41, 5.74) is 0. The van der Waals surface area contributed by atoms with E-state index in [0.717, 1.165) is 25.7 Å². The van der Waals surface area contributed by atoms with Crippen LogP contribution in [-0.4, -0.2) is 38.4 Å². The van der Waals surface area contributed by atoms with Crippen molar-refractivity contribution in [2.24, 2.45) is 0 Å². The fourth-order valence-corrected chi connectivity index (χ4v) is 3.32. The molecule has 0 aliphatic heterocycles. The Labute approximate surface area is 185 Å². The first-order valence-corrected chi connectivity index (χ1v) is 12.6. The van der Waals surface area contributed by atoms with E-state index in [1.165, 1.54) is 83.5 Å². The number of carbonyl (C=O) groups is 2. The highest BCUT2D eigenvalue weighted by Gasteiger charge is 2.07. The number of rotatable bonds is 23. The van der Waals surface area contributed by atoms with Crippen molar-refractivity contribution in [2.75, 3.05) is 26.4 Å². The van der Waals surface area contributed by atoms with Crippen LogP contribution in [0.25, 0.3) is 0 Å². The van der Waals surface area contributed by atoms with Crippen molar-refractivity contribution in [3.63, 3.8) is 0 Å². The summed E-state index contributed by atoms with van der Waals surface area (Å²) in [5.74, 6) is -0.825. The van der Waals surface area contributed by atoms with Crippen LogP contribution in [0.1, 0.15) is 123 Å². The Balaban J connectivity index is 3.30. The molecule has 5 nitrogen and oxygen atoms in total. The van der Waals surface area contributed by atoms with Crippen molar-refractivity contribution in [1.29, 1.82) is 0 Å². The maximum atomic E-state index is 11.6. The highest BCUT2D eigenvalue weighted by atomic mass is 16.6. The lowest BCUT2D eigenvalue weighted by Gasteiger charge is -2.07. The minimum atomic E-state index is -0.413. The zero-order valence-electron chi connectivity index (χ0n) is 19.9. The first kappa shape index (κ1) is 28.9. The van der Waals surface area contributed by atoms with Gasteiger partial charge >= 0.3 is 11.9 Å². The summed E-state index contributed by atoms with van der Waals surface area (Å²) < 4.78 is 15.3. The number of carbonyl (C=O) groups excluding carboxylic acids is 2. The third-order valence-corrected chi connectivity index (χ3v) is 5.21. The SMILES string of the molecule is CCCCCCCCCCCCOC(=O)COCC(=O)OCCCCCCCCC. The van der Waals surface area contributed by atoms with Gasteiger partial charge in [-0.1, -0.05) is 110 Å². The van der Waals surface area contributed by atoms with Gasteiger partial charge in [-0.05, 0) is 12.8 Å². The predicted octanol–water partition coefficient (Wildman–Crippen LogP) is 6.76. The smallest absolute Gasteiger partial charge is 0.332 e. The number of unbranched alkanes of at least 4 members (excludes halogenated alkanes) is 15. The quantitative estimate of drug-likeness (QED) is 0.133. The summed E-state index contributed by atoms with van der Waals surface area (Å²) in [4.78, 5) is 23.2. The van der Waals surface area contributed by atoms with E-state index in [2.05, 4.69) is 13.8 Å². The van der Waals surface area contributed by atoms with Gasteiger partial charge in [0.25, 0.3) is 0 Å². The van der Waals surface area contributed by atoms with Crippen LogP contribution in [0.4, 0.5) is 0 Å². The lowest BCUT2D eigenvalue weighted by atomic mass is 10.1. The fraction of sp³-hybridized carbons (Fsp3) is 0.920. The molecule has 0 N–H and O–H groups in total. The van der Waals surface area contributed by atoms with Crippen LogP contribution in [0.15, 0.2) is 0 Å². The molecule has 0 unspecified atom stereocenters. The molecule has 0 aromatic rings. The van der Waals surface area contributed by atoms with E-state index in [-0.39, 0.29) is 13.2 Å². The van der Waals surface area contributed by atoms with E-state index in [1.54, 1.807) is 0 Å². The van der Waals surface area contributed by atoms with Gasteiger partial charge in [0.2, 0.25) is 0 Å². The molecule has 0 heterocycles. The van der Waals surface area contributed by atoms with Crippen LogP contribution in [0, 0.1) is 0 Å². The zero-order chi connectivity index (χ0) is 22.1. The monoisotopic (exact) mass is 428 g/mol. The van der Waals surface area contributed by atoms with E-state index in [4.69, 9.17) is 14.2 Å². The lowest BCUT2D eigenvalue weighted by molar-refractivity contribution is -0.155. The fourth-order valence-electron chi connectivity index (χ4n) is 3.32. The summed E-state index contributed by atoms with van der Waals surface area (Å²) in [6.07, 6.45) is 20.8. The van der Waals surface area contributed by atoms with Gasteiger partial charge in [0, 0.05) is 0 Å². The summed E-state index contributed by atoms with van der Waals surface area (Å²) >= 11 is 0. The van der Waals surface area contributed by atoms with Gasteiger partial charge in [0.15, 0.2) is 0 Å². The molecule has 178 valence electrons. The van der Waals surface area contributed by atoms with Gasteiger partial charge in [-0.3, -0.25) is 0 Å². The van der Waals surface area contributed by atoms with Crippen molar-refractivity contribution in [2.45, 2.75) is 123 Å². The zero-order valence-corrected chi connectivity index (χ0v) is 19.9. The molecule has 0 fully saturated rings. The van der Waals surface area contributed by atoms with E-state index < -0.39 is 11.9 Å². The Hall–Kier alpha value is -1.10. The maximum absolute atomic E-state index is 11.6. The largest absolute Gasteiger partial charge is 0.464 e. The Kier molecular flexibility index (Phi) is 23.3. The summed E-state index contributed by atoms with van der Waals surface area (Å²) in [5, 5.41) is 0. The van der Waals surface area contributed by atoms with E-state index >= 15 is 0 Å². The van der Waals surface area contributed by atoms with E-state index in [0.29, 0.717) is 13.2 Å². The second-order valence-electron chi connectivity index (χ2n) is 8.24. The molecule has 0 aliphatic rings. The maximum Gasteiger partial charge on any atom is 0.332 e. The van der Waals surface area contributed by atoms with Crippen LogP contribution in [0.5, 0.6) is 0 Å². The molecule has 0 saturated carbocycles. The van der Waals surface area contributed by atoms with Crippen molar-refractivity contribution < 1.29 is 23.8 Å². The normalized spacial score (nSPS) is 10.9. The van der Waals surface area contributed by atoms with Crippen molar-refractivity contribution in [3.05, 3.63) is 0 Å². The predicted molar refractivity (Wildman–Crippen MR) is 123 cm³/mol. The molecule has 0 atom stereocenters. The molecule has 0 aromatic heterocycles. The van der Waals surface area contributed by atoms with Crippen LogP contribution in [0.3, 0.4) is 0 Å². The molecule has 0 aromatic carbocycles. The number of hydrogen-bond acceptors (Lipinski definition) is 5. The van der Waals surface area contributed by atoms with Gasteiger partial charge in [-0.25, -0.2) is 9.59 Å². The van der Waals surface area contributed by atoms with Crippen LogP contribution < -0.4 is 0 Å². The number of hydrogen-bond donors (Lipinski definition) is 0. The summed E-state index contributed by atoms with van der Waals surface area (Å²) in [6.45, 7) is 4.93. The molecule has 30 heavy (non-hydrogen) atoms. The van der Waals surface area contributed by atoms with Crippen molar-refractivity contribution in [1.82, 2.24) is 0 Å². The van der Waals surface area contributed by atoms with E-state index in [1.807, 2.05) is 0 Å². The highest BCUT2D eigenvalue weighted by Crippen LogP contribution is 2.10. The lowest BCUT2D eigenvalue weighted by Crippen LogP contribution is -2.19.